The van der Waals surface area contributed by atoms with Crippen LogP contribution in [0.25, 0.3) is 0 Å². The van der Waals surface area contributed by atoms with Crippen molar-refractivity contribution < 1.29 is 49.0 Å². The summed E-state index contributed by atoms with van der Waals surface area (Å²) in [6, 6.07) is 8.08. The van der Waals surface area contributed by atoms with Crippen molar-refractivity contribution in [2.45, 2.75) is 89.2 Å². The van der Waals surface area contributed by atoms with E-state index in [1.165, 1.54) is 26.0 Å². The Morgan fingerprint density at radius 3 is 2.28 bits per heavy atom. The maximum Gasteiger partial charge on any atom is 0.338 e. The number of aliphatic hydroxyl groups excluding tert-OH is 3. The molecule has 2 saturated carbocycles. The fraction of sp³-hybridized carbons (Fsp3) is 0.621. The van der Waals surface area contributed by atoms with Crippen molar-refractivity contribution in [3.8, 4) is 0 Å². The van der Waals surface area contributed by atoms with Crippen LogP contribution in [0.4, 0.5) is 0 Å². The second-order valence-corrected chi connectivity index (χ2v) is 12.2. The van der Waals surface area contributed by atoms with Gasteiger partial charge in [-0.15, -0.1) is 0 Å². The third-order valence-electron chi connectivity index (χ3n) is 9.95. The maximum absolute atomic E-state index is 14.3. The molecule has 1 heterocycles. The SMILES string of the molecule is CC(=O)O[C@@]12CO[C@@H]1C[C@H](O)[C@@]1(C)C(=O)[C@H](O)C3=C(C)[C@@H](O)C[C@@](O)([C@@H](OC(=O)c4ccccc4)C12)C3(C)C. The van der Waals surface area contributed by atoms with Crippen LogP contribution in [0.1, 0.15) is 57.8 Å². The number of esters is 2. The van der Waals surface area contributed by atoms with Gasteiger partial charge in [0, 0.05) is 25.2 Å². The quantitative estimate of drug-likeness (QED) is 0.320. The summed E-state index contributed by atoms with van der Waals surface area (Å²) in [5.41, 5.74) is -6.24. The Labute approximate surface area is 226 Å². The number of benzene rings is 1. The van der Waals surface area contributed by atoms with Gasteiger partial charge < -0.3 is 34.6 Å². The van der Waals surface area contributed by atoms with Crippen LogP contribution in [0.15, 0.2) is 41.5 Å². The monoisotopic (exact) mass is 544 g/mol. The normalized spacial score (nSPS) is 42.7. The minimum Gasteiger partial charge on any atom is -0.455 e. The molecule has 39 heavy (non-hydrogen) atoms. The Morgan fingerprint density at radius 1 is 1.08 bits per heavy atom. The molecule has 0 aromatic heterocycles. The Kier molecular flexibility index (Phi) is 6.40. The molecule has 0 amide bonds. The van der Waals surface area contributed by atoms with Crippen molar-refractivity contribution in [3.05, 3.63) is 47.0 Å². The van der Waals surface area contributed by atoms with Gasteiger partial charge in [0.1, 0.15) is 23.9 Å². The maximum atomic E-state index is 14.3. The van der Waals surface area contributed by atoms with Gasteiger partial charge in [-0.1, -0.05) is 32.0 Å². The Bertz CT molecular complexity index is 1240. The highest BCUT2D eigenvalue weighted by molar-refractivity contribution is 5.94. The molecular weight excluding hydrogens is 508 g/mol. The van der Waals surface area contributed by atoms with Gasteiger partial charge in [-0.25, -0.2) is 4.79 Å². The fourth-order valence-corrected chi connectivity index (χ4v) is 7.66. The Balaban J connectivity index is 1.81. The summed E-state index contributed by atoms with van der Waals surface area (Å²) in [4.78, 5) is 40.3. The molecule has 10 nitrogen and oxygen atoms in total. The second-order valence-electron chi connectivity index (χ2n) is 12.2. The van der Waals surface area contributed by atoms with E-state index in [1.807, 2.05) is 0 Å². The summed E-state index contributed by atoms with van der Waals surface area (Å²) >= 11 is 0. The van der Waals surface area contributed by atoms with E-state index in [4.69, 9.17) is 14.2 Å². The van der Waals surface area contributed by atoms with Crippen molar-refractivity contribution in [1.82, 2.24) is 0 Å². The summed E-state index contributed by atoms with van der Waals surface area (Å²) in [5.74, 6) is -3.60. The number of hydrogen-bond donors (Lipinski definition) is 4. The first kappa shape index (κ1) is 27.9. The van der Waals surface area contributed by atoms with E-state index < -0.39 is 76.2 Å². The van der Waals surface area contributed by atoms with Crippen LogP contribution in [0.5, 0.6) is 0 Å². The number of rotatable bonds is 3. The summed E-state index contributed by atoms with van der Waals surface area (Å²) in [6.45, 7) is 7.29. The lowest BCUT2D eigenvalue weighted by molar-refractivity contribution is -0.345. The summed E-state index contributed by atoms with van der Waals surface area (Å²) < 4.78 is 17.7. The van der Waals surface area contributed by atoms with Crippen LogP contribution in [0, 0.1) is 16.7 Å². The van der Waals surface area contributed by atoms with Gasteiger partial charge in [0.15, 0.2) is 11.4 Å². The number of Topliss-reactive ketones (excluding diaryl/α,β-unsaturated/α-hetero) is 1. The zero-order valence-corrected chi connectivity index (χ0v) is 22.7. The van der Waals surface area contributed by atoms with E-state index in [2.05, 4.69) is 0 Å². The van der Waals surface area contributed by atoms with Crippen LogP contribution in [-0.2, 0) is 23.8 Å². The highest BCUT2D eigenvalue weighted by atomic mass is 16.6. The molecule has 4 N–H and O–H groups in total. The molecule has 1 unspecified atom stereocenters. The highest BCUT2D eigenvalue weighted by Crippen LogP contribution is 2.63. The number of carbonyl (C=O) groups is 3. The minimum absolute atomic E-state index is 0.0828. The summed E-state index contributed by atoms with van der Waals surface area (Å²) in [7, 11) is 0. The smallest absolute Gasteiger partial charge is 0.338 e. The average molecular weight is 545 g/mol. The van der Waals surface area contributed by atoms with Crippen molar-refractivity contribution >= 4 is 17.7 Å². The zero-order valence-electron chi connectivity index (χ0n) is 22.7. The predicted octanol–water partition coefficient (Wildman–Crippen LogP) is 1.08. The number of ketones is 1. The van der Waals surface area contributed by atoms with Crippen LogP contribution < -0.4 is 0 Å². The van der Waals surface area contributed by atoms with E-state index in [9.17, 15) is 34.8 Å². The van der Waals surface area contributed by atoms with Gasteiger partial charge in [-0.2, -0.15) is 0 Å². The lowest BCUT2D eigenvalue weighted by Crippen LogP contribution is -2.81. The molecule has 3 fully saturated rings. The molecule has 1 aliphatic heterocycles. The fourth-order valence-electron chi connectivity index (χ4n) is 7.66. The molecule has 1 aromatic rings. The van der Waals surface area contributed by atoms with Crippen LogP contribution >= 0.6 is 0 Å². The van der Waals surface area contributed by atoms with E-state index in [0.717, 1.165) is 0 Å². The molecule has 4 aliphatic rings. The van der Waals surface area contributed by atoms with Gasteiger partial charge in [0.25, 0.3) is 0 Å². The van der Waals surface area contributed by atoms with Gasteiger partial charge in [-0.05, 0) is 37.1 Å². The largest absolute Gasteiger partial charge is 0.455 e. The number of fused-ring (bicyclic) bond motifs is 5. The van der Waals surface area contributed by atoms with Gasteiger partial charge >= 0.3 is 11.9 Å². The van der Waals surface area contributed by atoms with E-state index in [0.29, 0.717) is 5.57 Å². The first-order chi connectivity index (χ1) is 18.1. The van der Waals surface area contributed by atoms with Crippen LogP contribution in [-0.4, -0.2) is 86.5 Å². The van der Waals surface area contributed by atoms with E-state index >= 15 is 0 Å². The molecule has 2 bridgehead atoms. The summed E-state index contributed by atoms with van der Waals surface area (Å²) in [6.07, 6.45) is -7.26. The van der Waals surface area contributed by atoms with Gasteiger partial charge in [0.05, 0.1) is 35.7 Å². The van der Waals surface area contributed by atoms with Crippen molar-refractivity contribution in [1.29, 1.82) is 0 Å². The number of carbonyl (C=O) groups excluding carboxylic acids is 3. The molecule has 5 rings (SSSR count). The number of aliphatic hydroxyl groups is 4. The summed E-state index contributed by atoms with van der Waals surface area (Å²) in [5, 5.41) is 46.7. The molecule has 9 atom stereocenters. The standard InChI is InChI=1S/C29H36O10/c1-14-17(31)12-29(36)24(38-25(35)16-9-7-6-8-10-16)22-27(5,23(34)21(33)20(14)26(29,3)4)18(32)11-19-28(22,13-37-19)39-15(2)30/h6-10,17-19,21-22,24,31-33,36H,11-13H2,1-5H3/t17-,18-,19+,21+,22?,24-,27+,28-,29+/m0/s1. The van der Waals surface area contributed by atoms with E-state index in [-0.39, 0.29) is 30.6 Å². The van der Waals surface area contributed by atoms with Crippen molar-refractivity contribution in [2.24, 2.45) is 16.7 Å². The molecule has 3 aliphatic carbocycles. The number of ether oxygens (including phenoxy) is 3. The van der Waals surface area contributed by atoms with Crippen LogP contribution in [0.2, 0.25) is 0 Å². The van der Waals surface area contributed by atoms with Gasteiger partial charge in [0.2, 0.25) is 0 Å². The third kappa shape index (κ3) is 3.62. The molecule has 0 spiro atoms. The second kappa shape index (κ2) is 8.94. The topological polar surface area (TPSA) is 160 Å². The average Bonchev–Trinajstić information content (AvgIpc) is 2.87. The molecule has 0 radical (unpaired) electrons. The minimum atomic E-state index is -2.07. The van der Waals surface area contributed by atoms with Crippen LogP contribution in [0.3, 0.4) is 0 Å². The van der Waals surface area contributed by atoms with Gasteiger partial charge in [-0.3, -0.25) is 9.59 Å². The highest BCUT2D eigenvalue weighted by Gasteiger charge is 2.77. The Morgan fingerprint density at radius 2 is 1.72 bits per heavy atom. The molecule has 1 saturated heterocycles. The predicted molar refractivity (Wildman–Crippen MR) is 135 cm³/mol. The van der Waals surface area contributed by atoms with Crippen molar-refractivity contribution in [2.75, 3.05) is 6.61 Å². The molecule has 10 heteroatoms. The first-order valence-corrected chi connectivity index (χ1v) is 13.2. The lowest BCUT2D eigenvalue weighted by atomic mass is 9.44. The number of hydrogen-bond acceptors (Lipinski definition) is 10. The third-order valence-corrected chi connectivity index (χ3v) is 9.95. The van der Waals surface area contributed by atoms with E-state index in [1.54, 1.807) is 39.0 Å². The molecule has 212 valence electrons. The molecular formula is C29H36O10. The first-order valence-electron chi connectivity index (χ1n) is 13.2. The zero-order chi connectivity index (χ0) is 28.7. The molecule has 1 aromatic carbocycles. The lowest BCUT2D eigenvalue weighted by Gasteiger charge is -2.67. The van der Waals surface area contributed by atoms with Crippen molar-refractivity contribution in [3.63, 3.8) is 0 Å². The Hall–Kier alpha value is -2.63.